The lowest BCUT2D eigenvalue weighted by Crippen LogP contribution is -2.49. The second-order valence-corrected chi connectivity index (χ2v) is 7.89. The topological polar surface area (TPSA) is 81.8 Å². The van der Waals surface area contributed by atoms with Gasteiger partial charge in [-0.25, -0.2) is 5.01 Å². The van der Waals surface area contributed by atoms with E-state index in [4.69, 9.17) is 23.8 Å². The van der Waals surface area contributed by atoms with Gasteiger partial charge in [-0.2, -0.15) is 0 Å². The number of nitrogens with one attached hydrogen (secondary N) is 2. The Bertz CT molecular complexity index is 1030. The number of hydrazine groups is 1. The van der Waals surface area contributed by atoms with Crippen LogP contribution in [0.1, 0.15) is 27.9 Å². The van der Waals surface area contributed by atoms with Gasteiger partial charge < -0.3 is 5.32 Å². The van der Waals surface area contributed by atoms with E-state index >= 15 is 0 Å². The monoisotopic (exact) mass is 444 g/mol. The summed E-state index contributed by atoms with van der Waals surface area (Å²) >= 11 is 11.1. The van der Waals surface area contributed by atoms with Crippen molar-refractivity contribution >= 4 is 52.3 Å². The van der Waals surface area contributed by atoms with Crippen molar-refractivity contribution in [1.29, 1.82) is 0 Å². The number of likely N-dealkylation sites (N-methyl/N-ethyl adjacent to an activating group) is 1. The summed E-state index contributed by atoms with van der Waals surface area (Å²) in [4.78, 5) is 39.1. The van der Waals surface area contributed by atoms with Crippen LogP contribution >= 0.6 is 23.8 Å². The zero-order valence-electron chi connectivity index (χ0n) is 16.7. The summed E-state index contributed by atoms with van der Waals surface area (Å²) < 4.78 is 0. The normalized spacial score (nSPS) is 16.1. The van der Waals surface area contributed by atoms with Gasteiger partial charge in [0.1, 0.15) is 6.04 Å². The SMILES string of the molecule is Cc1ccc(NC(=O)CC2C(=O)N(C)C(=S)N2NC(=O)c2ccc(Cl)cc2)c(C)c1. The maximum atomic E-state index is 12.6. The molecule has 0 radical (unpaired) electrons. The molecule has 3 amide bonds. The Balaban J connectivity index is 1.74. The number of thiocarbonyl (C=S) groups is 1. The van der Waals surface area contributed by atoms with Crippen LogP contribution in [0.2, 0.25) is 5.02 Å². The Labute approximate surface area is 185 Å². The van der Waals surface area contributed by atoms with Gasteiger partial charge in [-0.1, -0.05) is 29.3 Å². The lowest BCUT2D eigenvalue weighted by atomic mass is 10.1. The fraction of sp³-hybridized carbons (Fsp3) is 0.238. The molecule has 1 aliphatic rings. The highest BCUT2D eigenvalue weighted by Gasteiger charge is 2.42. The summed E-state index contributed by atoms with van der Waals surface area (Å²) in [6.07, 6.45) is -0.169. The van der Waals surface area contributed by atoms with E-state index in [2.05, 4.69) is 10.7 Å². The number of hydrogen-bond acceptors (Lipinski definition) is 4. The first-order valence-electron chi connectivity index (χ1n) is 9.22. The van der Waals surface area contributed by atoms with Crippen LogP contribution in [0, 0.1) is 13.8 Å². The fourth-order valence-electron chi connectivity index (χ4n) is 3.13. The minimum Gasteiger partial charge on any atom is -0.326 e. The number of rotatable bonds is 5. The van der Waals surface area contributed by atoms with Crippen LogP contribution in [-0.2, 0) is 9.59 Å². The molecule has 2 aromatic rings. The second kappa shape index (κ2) is 8.81. The minimum absolute atomic E-state index is 0.117. The standard InChI is InChI=1S/C21H21ClN4O3S/c1-12-4-9-16(13(2)10-12)23-18(27)11-17-20(29)25(3)21(30)26(17)24-19(28)14-5-7-15(22)8-6-14/h4-10,17H,11H2,1-3H3,(H,23,27)(H,24,28). The summed E-state index contributed by atoms with van der Waals surface area (Å²) in [5.74, 6) is -1.19. The van der Waals surface area contributed by atoms with Gasteiger partial charge in [0.15, 0.2) is 5.11 Å². The minimum atomic E-state index is -0.940. The number of anilines is 1. The highest BCUT2D eigenvalue weighted by Crippen LogP contribution is 2.21. The average Bonchev–Trinajstić information content (AvgIpc) is 2.89. The number of benzene rings is 2. The zero-order valence-corrected chi connectivity index (χ0v) is 18.3. The molecule has 3 rings (SSSR count). The van der Waals surface area contributed by atoms with E-state index in [1.54, 1.807) is 24.3 Å². The molecule has 0 spiro atoms. The highest BCUT2D eigenvalue weighted by molar-refractivity contribution is 7.80. The van der Waals surface area contributed by atoms with Gasteiger partial charge in [0.25, 0.3) is 11.8 Å². The molecule has 0 aromatic heterocycles. The number of hydrogen-bond donors (Lipinski definition) is 2. The Morgan fingerprint density at radius 1 is 1.13 bits per heavy atom. The number of amides is 3. The molecule has 2 aromatic carbocycles. The van der Waals surface area contributed by atoms with Gasteiger partial charge in [-0.15, -0.1) is 0 Å². The number of carbonyl (C=O) groups excluding carboxylic acids is 3. The van der Waals surface area contributed by atoms with E-state index < -0.39 is 11.9 Å². The van der Waals surface area contributed by atoms with Gasteiger partial charge in [-0.3, -0.25) is 24.7 Å². The summed E-state index contributed by atoms with van der Waals surface area (Å²) in [6, 6.07) is 11.0. The molecule has 1 saturated heterocycles. The van der Waals surface area contributed by atoms with Crippen molar-refractivity contribution in [2.45, 2.75) is 26.3 Å². The molecule has 0 aliphatic carbocycles. The smallest absolute Gasteiger partial charge is 0.269 e. The first-order chi connectivity index (χ1) is 14.2. The molecule has 0 saturated carbocycles. The number of halogens is 1. The Kier molecular flexibility index (Phi) is 6.38. The van der Waals surface area contributed by atoms with Crippen LogP contribution in [0.5, 0.6) is 0 Å². The van der Waals surface area contributed by atoms with Crippen molar-refractivity contribution in [2.24, 2.45) is 0 Å². The van der Waals surface area contributed by atoms with Crippen molar-refractivity contribution in [3.05, 3.63) is 64.2 Å². The van der Waals surface area contributed by atoms with Crippen molar-refractivity contribution < 1.29 is 14.4 Å². The van der Waals surface area contributed by atoms with Gasteiger partial charge in [0, 0.05) is 23.3 Å². The van der Waals surface area contributed by atoms with E-state index in [1.807, 2.05) is 32.0 Å². The van der Waals surface area contributed by atoms with Crippen LogP contribution < -0.4 is 10.7 Å². The first kappa shape index (κ1) is 21.7. The lowest BCUT2D eigenvalue weighted by molar-refractivity contribution is -0.130. The van der Waals surface area contributed by atoms with E-state index in [0.717, 1.165) is 11.1 Å². The van der Waals surface area contributed by atoms with E-state index in [-0.39, 0.29) is 23.3 Å². The fourth-order valence-corrected chi connectivity index (χ4v) is 3.52. The average molecular weight is 445 g/mol. The molecule has 1 fully saturated rings. The molecular formula is C21H21ClN4O3S. The van der Waals surface area contributed by atoms with Gasteiger partial charge in [0.2, 0.25) is 5.91 Å². The Morgan fingerprint density at radius 2 is 1.80 bits per heavy atom. The molecule has 2 N–H and O–H groups in total. The van der Waals surface area contributed by atoms with Gasteiger partial charge in [-0.05, 0) is 62.0 Å². The molecule has 7 nitrogen and oxygen atoms in total. The Morgan fingerprint density at radius 3 is 2.43 bits per heavy atom. The molecule has 0 bridgehead atoms. The third-order valence-corrected chi connectivity index (χ3v) is 5.51. The number of aryl methyl sites for hydroxylation is 2. The van der Waals surface area contributed by atoms with Crippen LogP contribution in [0.4, 0.5) is 5.69 Å². The summed E-state index contributed by atoms with van der Waals surface area (Å²) in [5, 5.41) is 4.70. The number of carbonyl (C=O) groups is 3. The predicted molar refractivity (Wildman–Crippen MR) is 119 cm³/mol. The van der Waals surface area contributed by atoms with Gasteiger partial charge >= 0.3 is 0 Å². The summed E-state index contributed by atoms with van der Waals surface area (Å²) in [6.45, 7) is 3.86. The van der Waals surface area contributed by atoms with E-state index in [0.29, 0.717) is 16.3 Å². The highest BCUT2D eigenvalue weighted by atomic mass is 35.5. The summed E-state index contributed by atoms with van der Waals surface area (Å²) in [5.41, 5.74) is 5.65. The molecule has 1 aliphatic heterocycles. The van der Waals surface area contributed by atoms with Crippen LogP contribution in [0.3, 0.4) is 0 Å². The van der Waals surface area contributed by atoms with Crippen molar-refractivity contribution in [1.82, 2.24) is 15.3 Å². The number of nitrogens with zero attached hydrogens (tertiary/aromatic N) is 2. The lowest BCUT2D eigenvalue weighted by Gasteiger charge is -2.24. The van der Waals surface area contributed by atoms with E-state index in [1.165, 1.54) is 17.0 Å². The maximum Gasteiger partial charge on any atom is 0.269 e. The molecule has 156 valence electrons. The molecule has 1 atom stereocenters. The first-order valence-corrected chi connectivity index (χ1v) is 10.0. The molecule has 1 heterocycles. The van der Waals surface area contributed by atoms with Crippen LogP contribution in [0.15, 0.2) is 42.5 Å². The van der Waals surface area contributed by atoms with Crippen LogP contribution in [-0.4, -0.2) is 45.8 Å². The molecule has 9 heteroatoms. The maximum absolute atomic E-state index is 12.6. The quantitative estimate of drug-likeness (QED) is 0.693. The molecule has 30 heavy (non-hydrogen) atoms. The Hall–Kier alpha value is -2.97. The van der Waals surface area contributed by atoms with Crippen molar-refractivity contribution in [3.63, 3.8) is 0 Å². The summed E-state index contributed by atoms with van der Waals surface area (Å²) in [7, 11) is 1.51. The molecular weight excluding hydrogens is 424 g/mol. The predicted octanol–water partition coefficient (Wildman–Crippen LogP) is 3.06. The zero-order chi connectivity index (χ0) is 22.0. The van der Waals surface area contributed by atoms with Gasteiger partial charge in [0.05, 0.1) is 6.42 Å². The van der Waals surface area contributed by atoms with Crippen molar-refractivity contribution in [3.8, 4) is 0 Å². The molecule has 1 unspecified atom stereocenters. The largest absolute Gasteiger partial charge is 0.326 e. The van der Waals surface area contributed by atoms with Crippen molar-refractivity contribution in [2.75, 3.05) is 12.4 Å². The van der Waals surface area contributed by atoms with E-state index in [9.17, 15) is 14.4 Å². The second-order valence-electron chi connectivity index (χ2n) is 7.08. The van der Waals surface area contributed by atoms with Crippen LogP contribution in [0.25, 0.3) is 0 Å². The third kappa shape index (κ3) is 4.60. The third-order valence-electron chi connectivity index (χ3n) is 4.78.